The minimum atomic E-state index is -0.407. The molecule has 0 aliphatic carbocycles. The van der Waals surface area contributed by atoms with Gasteiger partial charge in [0, 0.05) is 17.6 Å². The molecule has 0 aliphatic rings. The molecule has 3 heteroatoms. The van der Waals surface area contributed by atoms with Crippen LogP contribution in [-0.2, 0) is 0 Å². The van der Waals surface area contributed by atoms with Crippen molar-refractivity contribution in [3.63, 3.8) is 0 Å². The lowest BCUT2D eigenvalue weighted by Gasteiger charge is -2.18. The van der Waals surface area contributed by atoms with Crippen LogP contribution >= 0.6 is 0 Å². The predicted molar refractivity (Wildman–Crippen MR) is 63.1 cm³/mol. The Morgan fingerprint density at radius 2 is 1.94 bits per heavy atom. The number of carbonyl (C=O) groups excluding carboxylic acids is 1. The van der Waals surface area contributed by atoms with E-state index in [0.717, 1.165) is 0 Å². The molecule has 0 bridgehead atoms. The molecule has 88 valence electrons. The van der Waals surface area contributed by atoms with Crippen LogP contribution in [0.4, 0.5) is 4.39 Å². The summed E-state index contributed by atoms with van der Waals surface area (Å²) >= 11 is 0. The number of benzene rings is 1. The lowest BCUT2D eigenvalue weighted by molar-refractivity contribution is 0.101. The standard InChI is InChI=1S/C13H18FNO/c1-8(2)15-9(3)11-6-5-7-12(10(4)16)13(11)14/h5-9,15H,1-4H3/t9-/m1/s1. The molecule has 2 nitrogen and oxygen atoms in total. The van der Waals surface area contributed by atoms with Crippen LogP contribution < -0.4 is 5.32 Å². The van der Waals surface area contributed by atoms with Gasteiger partial charge in [0.2, 0.25) is 0 Å². The van der Waals surface area contributed by atoms with Gasteiger partial charge in [0.05, 0.1) is 5.56 Å². The molecule has 0 aliphatic heterocycles. The summed E-state index contributed by atoms with van der Waals surface area (Å²) in [6, 6.07) is 5.12. The van der Waals surface area contributed by atoms with Crippen molar-refractivity contribution in [3.8, 4) is 0 Å². The van der Waals surface area contributed by atoms with Crippen LogP contribution in [-0.4, -0.2) is 11.8 Å². The number of nitrogens with one attached hydrogen (secondary N) is 1. The molecule has 0 radical (unpaired) electrons. The molecule has 0 fully saturated rings. The summed E-state index contributed by atoms with van der Waals surface area (Å²) in [4.78, 5) is 11.2. The number of carbonyl (C=O) groups is 1. The fourth-order valence-electron chi connectivity index (χ4n) is 1.75. The molecule has 0 spiro atoms. The minimum absolute atomic E-state index is 0.0979. The quantitative estimate of drug-likeness (QED) is 0.795. The molecule has 0 saturated heterocycles. The van der Waals surface area contributed by atoms with Gasteiger partial charge in [-0.05, 0) is 19.9 Å². The molecule has 0 aromatic heterocycles. The highest BCUT2D eigenvalue weighted by atomic mass is 19.1. The van der Waals surface area contributed by atoms with Crippen LogP contribution in [0.25, 0.3) is 0 Å². The highest BCUT2D eigenvalue weighted by Gasteiger charge is 2.16. The third-order valence-electron chi connectivity index (χ3n) is 2.46. The highest BCUT2D eigenvalue weighted by Crippen LogP contribution is 2.20. The van der Waals surface area contributed by atoms with Gasteiger partial charge < -0.3 is 5.32 Å². The van der Waals surface area contributed by atoms with Gasteiger partial charge in [-0.25, -0.2) is 4.39 Å². The average molecular weight is 223 g/mol. The molecular formula is C13H18FNO. The summed E-state index contributed by atoms with van der Waals surface area (Å²) in [7, 11) is 0. The van der Waals surface area contributed by atoms with Gasteiger partial charge in [-0.15, -0.1) is 0 Å². The lowest BCUT2D eigenvalue weighted by Crippen LogP contribution is -2.27. The number of halogens is 1. The third-order valence-corrected chi connectivity index (χ3v) is 2.46. The minimum Gasteiger partial charge on any atom is -0.308 e. The first-order valence-electron chi connectivity index (χ1n) is 5.49. The number of ketones is 1. The normalized spacial score (nSPS) is 12.9. The first-order chi connectivity index (χ1) is 7.43. The molecule has 1 rings (SSSR count). The van der Waals surface area contributed by atoms with E-state index >= 15 is 0 Å². The predicted octanol–water partition coefficient (Wildman–Crippen LogP) is 3.09. The van der Waals surface area contributed by atoms with Gasteiger partial charge in [0.1, 0.15) is 5.82 Å². The average Bonchev–Trinajstić information content (AvgIpc) is 2.16. The SMILES string of the molecule is CC(=O)c1cccc([C@@H](C)NC(C)C)c1F. The first-order valence-corrected chi connectivity index (χ1v) is 5.49. The van der Waals surface area contributed by atoms with Crippen LogP contribution in [0.1, 0.15) is 49.7 Å². The van der Waals surface area contributed by atoms with Crippen LogP contribution in [0.5, 0.6) is 0 Å². The van der Waals surface area contributed by atoms with E-state index in [-0.39, 0.29) is 23.4 Å². The summed E-state index contributed by atoms with van der Waals surface area (Å²) in [6.07, 6.45) is 0. The van der Waals surface area contributed by atoms with Gasteiger partial charge >= 0.3 is 0 Å². The molecule has 0 unspecified atom stereocenters. The molecule has 16 heavy (non-hydrogen) atoms. The number of Topliss-reactive ketones (excluding diaryl/α,β-unsaturated/α-hetero) is 1. The second-order valence-electron chi connectivity index (χ2n) is 4.31. The van der Waals surface area contributed by atoms with Gasteiger partial charge in [0.25, 0.3) is 0 Å². The maximum Gasteiger partial charge on any atom is 0.162 e. The Bertz CT molecular complexity index is 388. The summed E-state index contributed by atoms with van der Waals surface area (Å²) in [5.41, 5.74) is 0.705. The van der Waals surface area contributed by atoms with Crippen molar-refractivity contribution in [1.29, 1.82) is 0 Å². The van der Waals surface area contributed by atoms with Crippen molar-refractivity contribution < 1.29 is 9.18 Å². The van der Waals surface area contributed by atoms with Gasteiger partial charge in [0.15, 0.2) is 5.78 Å². The van der Waals surface area contributed by atoms with Crippen molar-refractivity contribution in [2.45, 2.75) is 39.8 Å². The van der Waals surface area contributed by atoms with Crippen molar-refractivity contribution in [3.05, 3.63) is 35.1 Å². The maximum absolute atomic E-state index is 14.0. The lowest BCUT2D eigenvalue weighted by atomic mass is 10.0. The van der Waals surface area contributed by atoms with Crippen LogP contribution in [0.15, 0.2) is 18.2 Å². The van der Waals surface area contributed by atoms with Crippen LogP contribution in [0.2, 0.25) is 0 Å². The zero-order valence-corrected chi connectivity index (χ0v) is 10.2. The zero-order valence-electron chi connectivity index (χ0n) is 10.2. The largest absolute Gasteiger partial charge is 0.308 e. The van der Waals surface area contributed by atoms with Gasteiger partial charge in [-0.1, -0.05) is 26.0 Å². The molecule has 1 aromatic carbocycles. The Labute approximate surface area is 95.9 Å². The molecular weight excluding hydrogens is 205 g/mol. The molecule has 0 heterocycles. The number of rotatable bonds is 4. The summed E-state index contributed by atoms with van der Waals surface area (Å²) < 4.78 is 14.0. The first kappa shape index (κ1) is 12.8. The Morgan fingerprint density at radius 1 is 1.31 bits per heavy atom. The van der Waals surface area contributed by atoms with Crippen molar-refractivity contribution in [2.75, 3.05) is 0 Å². The fraction of sp³-hybridized carbons (Fsp3) is 0.462. The summed E-state index contributed by atoms with van der Waals surface area (Å²) in [5, 5.41) is 3.21. The van der Waals surface area contributed by atoms with E-state index in [4.69, 9.17) is 0 Å². The van der Waals surface area contributed by atoms with Crippen molar-refractivity contribution >= 4 is 5.78 Å². The van der Waals surface area contributed by atoms with E-state index in [1.807, 2.05) is 20.8 Å². The number of hydrogen-bond acceptors (Lipinski definition) is 2. The Morgan fingerprint density at radius 3 is 2.44 bits per heavy atom. The van der Waals surface area contributed by atoms with E-state index in [0.29, 0.717) is 5.56 Å². The smallest absolute Gasteiger partial charge is 0.162 e. The summed E-state index contributed by atoms with van der Waals surface area (Å²) in [5.74, 6) is -0.647. The van der Waals surface area contributed by atoms with Gasteiger partial charge in [-0.3, -0.25) is 4.79 Å². The van der Waals surface area contributed by atoms with E-state index in [1.165, 1.54) is 13.0 Å². The monoisotopic (exact) mass is 223 g/mol. The van der Waals surface area contributed by atoms with Crippen LogP contribution in [0, 0.1) is 5.82 Å². The molecule has 0 saturated carbocycles. The zero-order chi connectivity index (χ0) is 12.3. The van der Waals surface area contributed by atoms with Gasteiger partial charge in [-0.2, -0.15) is 0 Å². The van der Waals surface area contributed by atoms with Crippen molar-refractivity contribution in [1.82, 2.24) is 5.32 Å². The molecule has 0 amide bonds. The van der Waals surface area contributed by atoms with E-state index in [2.05, 4.69) is 5.32 Å². The summed E-state index contributed by atoms with van der Waals surface area (Å²) in [6.45, 7) is 7.28. The maximum atomic E-state index is 14.0. The Hall–Kier alpha value is -1.22. The molecule has 1 atom stereocenters. The van der Waals surface area contributed by atoms with E-state index in [9.17, 15) is 9.18 Å². The van der Waals surface area contributed by atoms with Crippen molar-refractivity contribution in [2.24, 2.45) is 0 Å². The van der Waals surface area contributed by atoms with E-state index in [1.54, 1.807) is 12.1 Å². The van der Waals surface area contributed by atoms with E-state index < -0.39 is 5.82 Å². The molecule has 1 aromatic rings. The molecule has 1 N–H and O–H groups in total. The fourth-order valence-corrected chi connectivity index (χ4v) is 1.75. The highest BCUT2D eigenvalue weighted by molar-refractivity contribution is 5.94. The Kier molecular flexibility index (Phi) is 4.19. The second kappa shape index (κ2) is 5.21. The number of hydrogen-bond donors (Lipinski definition) is 1. The Balaban J connectivity index is 3.05. The van der Waals surface area contributed by atoms with Crippen LogP contribution in [0.3, 0.4) is 0 Å². The second-order valence-corrected chi connectivity index (χ2v) is 4.31. The topological polar surface area (TPSA) is 29.1 Å². The third kappa shape index (κ3) is 2.89.